The van der Waals surface area contributed by atoms with Crippen molar-refractivity contribution in [3.63, 3.8) is 0 Å². The number of carbonyl (C=O) groups excluding carboxylic acids is 3. The van der Waals surface area contributed by atoms with Crippen molar-refractivity contribution in [2.75, 3.05) is 12.0 Å². The Morgan fingerprint density at radius 1 is 0.912 bits per heavy atom. The summed E-state index contributed by atoms with van der Waals surface area (Å²) in [6, 6.07) is 20.7. The largest absolute Gasteiger partial charge is 0.467 e. The van der Waals surface area contributed by atoms with Crippen molar-refractivity contribution in [1.82, 2.24) is 0 Å². The Labute approximate surface area is 205 Å². The number of benzene rings is 3. The quantitative estimate of drug-likeness (QED) is 0.354. The summed E-state index contributed by atoms with van der Waals surface area (Å²) in [6.07, 6.45) is 3.85. The predicted molar refractivity (Wildman–Crippen MR) is 132 cm³/mol. The Kier molecular flexibility index (Phi) is 4.64. The number of fused-ring (bicyclic) bond motifs is 5. The van der Waals surface area contributed by atoms with E-state index in [0.29, 0.717) is 11.1 Å². The second kappa shape index (κ2) is 7.50. The first-order valence-corrected chi connectivity index (χ1v) is 11.9. The molecule has 0 amide bonds. The molecule has 1 saturated heterocycles. The molecule has 3 aromatic carbocycles. The van der Waals surface area contributed by atoms with Crippen LogP contribution in [0.25, 0.3) is 6.08 Å². The number of nitrogens with zero attached hydrogens (tertiary/aromatic N) is 1. The van der Waals surface area contributed by atoms with Gasteiger partial charge in [0.25, 0.3) is 0 Å². The fourth-order valence-corrected chi connectivity index (χ4v) is 6.32. The van der Waals surface area contributed by atoms with E-state index in [9.17, 15) is 14.4 Å². The van der Waals surface area contributed by atoms with Gasteiger partial charge < -0.3 is 9.64 Å². The van der Waals surface area contributed by atoms with Crippen LogP contribution in [0.5, 0.6) is 0 Å². The van der Waals surface area contributed by atoms with E-state index in [-0.39, 0.29) is 11.6 Å². The van der Waals surface area contributed by atoms with Crippen LogP contribution in [0.1, 0.15) is 37.8 Å². The third-order valence-corrected chi connectivity index (χ3v) is 7.91. The second-order valence-electron chi connectivity index (χ2n) is 8.84. The predicted octanol–water partition coefficient (Wildman–Crippen LogP) is 5.06. The number of ether oxygens (including phenoxy) is 1. The van der Waals surface area contributed by atoms with E-state index in [4.69, 9.17) is 4.74 Å². The van der Waals surface area contributed by atoms with Crippen LogP contribution in [-0.4, -0.2) is 36.7 Å². The molecule has 34 heavy (non-hydrogen) atoms. The molecule has 2 aliphatic heterocycles. The summed E-state index contributed by atoms with van der Waals surface area (Å²) in [6.45, 7) is 0. The highest BCUT2D eigenvalue weighted by Crippen LogP contribution is 2.60. The molecule has 1 fully saturated rings. The summed E-state index contributed by atoms with van der Waals surface area (Å²) < 4.78 is 6.16. The molecule has 0 saturated carbocycles. The first-order valence-electron chi connectivity index (χ1n) is 11.1. The van der Waals surface area contributed by atoms with E-state index >= 15 is 0 Å². The van der Waals surface area contributed by atoms with Gasteiger partial charge in [0.15, 0.2) is 11.6 Å². The molecule has 0 radical (unpaired) electrons. The number of anilines is 1. The van der Waals surface area contributed by atoms with Gasteiger partial charge in [-0.25, -0.2) is 4.79 Å². The lowest BCUT2D eigenvalue weighted by atomic mass is 9.65. The molecule has 3 aliphatic rings. The Balaban J connectivity index is 1.69. The highest BCUT2D eigenvalue weighted by atomic mass is 79.9. The Bertz CT molecular complexity index is 1360. The van der Waals surface area contributed by atoms with E-state index in [2.05, 4.69) is 15.9 Å². The third-order valence-electron chi connectivity index (χ3n) is 7.38. The average Bonchev–Trinajstić information content (AvgIpc) is 3.31. The number of esters is 1. The van der Waals surface area contributed by atoms with Gasteiger partial charge in [0.05, 0.1) is 13.2 Å². The Hall–Kier alpha value is -3.51. The lowest BCUT2D eigenvalue weighted by Crippen LogP contribution is -2.48. The number of halogens is 1. The molecular formula is C28H20BrNO4. The average molecular weight is 514 g/mol. The SMILES string of the molecule is COC(=O)[C@H]1[C@H](c2ccc(Br)cc2)C2(C(=O)c3ccccc3C2=O)[C@@H]2C=Cc3ccccc3N21. The third kappa shape index (κ3) is 2.57. The van der Waals surface area contributed by atoms with Gasteiger partial charge in [0.2, 0.25) is 0 Å². The number of hydrogen-bond acceptors (Lipinski definition) is 5. The van der Waals surface area contributed by atoms with Crippen molar-refractivity contribution in [1.29, 1.82) is 0 Å². The van der Waals surface area contributed by atoms with Crippen LogP contribution in [0.2, 0.25) is 0 Å². The zero-order valence-electron chi connectivity index (χ0n) is 18.3. The standard InChI is InChI=1S/C28H20BrNO4/c1-34-27(33)24-23(17-10-13-18(29)14-11-17)28(25(31)19-7-3-4-8-20(19)26(28)32)22-15-12-16-6-2-5-9-21(16)30(22)24/h2-15,22-24H,1H3/t22-,23-,24+/m0/s1. The van der Waals surface area contributed by atoms with Crippen molar-refractivity contribution in [3.05, 3.63) is 106 Å². The maximum absolute atomic E-state index is 14.3. The number of hydrogen-bond donors (Lipinski definition) is 0. The van der Waals surface area contributed by atoms with Crippen LogP contribution in [-0.2, 0) is 9.53 Å². The highest BCUT2D eigenvalue weighted by Gasteiger charge is 2.71. The maximum Gasteiger partial charge on any atom is 0.329 e. The highest BCUT2D eigenvalue weighted by molar-refractivity contribution is 9.10. The van der Waals surface area contributed by atoms with Crippen molar-refractivity contribution < 1.29 is 19.1 Å². The van der Waals surface area contributed by atoms with Crippen LogP contribution in [0.3, 0.4) is 0 Å². The minimum absolute atomic E-state index is 0.244. The summed E-state index contributed by atoms with van der Waals surface area (Å²) in [5, 5.41) is 0. The smallest absolute Gasteiger partial charge is 0.329 e. The van der Waals surface area contributed by atoms with Gasteiger partial charge in [0, 0.05) is 27.2 Å². The van der Waals surface area contributed by atoms with Crippen LogP contribution in [0.15, 0.2) is 83.3 Å². The summed E-state index contributed by atoms with van der Waals surface area (Å²) in [4.78, 5) is 43.9. The molecule has 3 atom stereocenters. The molecule has 2 heterocycles. The normalized spacial score (nSPS) is 23.6. The first-order chi connectivity index (χ1) is 16.5. The molecule has 1 aliphatic carbocycles. The van der Waals surface area contributed by atoms with E-state index in [0.717, 1.165) is 21.3 Å². The molecule has 168 valence electrons. The molecule has 0 unspecified atom stereocenters. The van der Waals surface area contributed by atoms with Crippen LogP contribution in [0.4, 0.5) is 5.69 Å². The van der Waals surface area contributed by atoms with Crippen molar-refractivity contribution in [3.8, 4) is 0 Å². The first kappa shape index (κ1) is 21.1. The molecule has 0 bridgehead atoms. The van der Waals surface area contributed by atoms with Gasteiger partial charge in [-0.2, -0.15) is 0 Å². The molecule has 6 rings (SSSR count). The van der Waals surface area contributed by atoms with Crippen LogP contribution >= 0.6 is 15.9 Å². The van der Waals surface area contributed by atoms with Crippen LogP contribution in [0, 0.1) is 5.41 Å². The van der Waals surface area contributed by atoms with Gasteiger partial charge in [-0.3, -0.25) is 9.59 Å². The monoisotopic (exact) mass is 513 g/mol. The summed E-state index contributed by atoms with van der Waals surface area (Å²) in [7, 11) is 1.35. The number of methoxy groups -OCH3 is 1. The van der Waals surface area contributed by atoms with E-state index in [1.165, 1.54) is 7.11 Å². The number of para-hydroxylation sites is 1. The topological polar surface area (TPSA) is 63.7 Å². The molecule has 0 N–H and O–H groups in total. The number of rotatable bonds is 2. The minimum Gasteiger partial charge on any atom is -0.467 e. The number of Topliss-reactive ketones (excluding diaryl/α,β-unsaturated/α-hetero) is 2. The van der Waals surface area contributed by atoms with Crippen molar-refractivity contribution in [2.24, 2.45) is 5.41 Å². The molecule has 1 spiro atoms. The molecular weight excluding hydrogens is 494 g/mol. The molecule has 5 nitrogen and oxygen atoms in total. The summed E-state index contributed by atoms with van der Waals surface area (Å²) in [5.41, 5.74) is 1.81. The zero-order valence-corrected chi connectivity index (χ0v) is 19.9. The van der Waals surface area contributed by atoms with Gasteiger partial charge in [-0.05, 0) is 29.3 Å². The van der Waals surface area contributed by atoms with Crippen LogP contribution < -0.4 is 4.90 Å². The minimum atomic E-state index is -1.49. The molecule has 0 aromatic heterocycles. The van der Waals surface area contributed by atoms with E-state index in [1.807, 2.05) is 65.6 Å². The van der Waals surface area contributed by atoms with Crippen molar-refractivity contribution >= 4 is 45.2 Å². The van der Waals surface area contributed by atoms with Gasteiger partial charge in [-0.1, -0.05) is 82.7 Å². The van der Waals surface area contributed by atoms with E-state index in [1.54, 1.807) is 24.3 Å². The van der Waals surface area contributed by atoms with Gasteiger partial charge >= 0.3 is 5.97 Å². The zero-order chi connectivity index (χ0) is 23.6. The molecule has 6 heteroatoms. The van der Waals surface area contributed by atoms with Gasteiger partial charge in [0.1, 0.15) is 11.5 Å². The fourth-order valence-electron chi connectivity index (χ4n) is 6.05. The maximum atomic E-state index is 14.3. The second-order valence-corrected chi connectivity index (χ2v) is 9.76. The van der Waals surface area contributed by atoms with Crippen molar-refractivity contribution in [2.45, 2.75) is 18.0 Å². The van der Waals surface area contributed by atoms with E-state index < -0.39 is 29.4 Å². The summed E-state index contributed by atoms with van der Waals surface area (Å²) in [5.74, 6) is -1.70. The fraction of sp³-hybridized carbons (Fsp3) is 0.179. The molecule has 3 aromatic rings. The van der Waals surface area contributed by atoms with Gasteiger partial charge in [-0.15, -0.1) is 0 Å². The number of ketones is 2. The number of carbonyl (C=O) groups is 3. The Morgan fingerprint density at radius 2 is 1.53 bits per heavy atom. The summed E-state index contributed by atoms with van der Waals surface area (Å²) >= 11 is 3.47. The lowest BCUT2D eigenvalue weighted by Gasteiger charge is -2.36. The Morgan fingerprint density at radius 3 is 2.18 bits per heavy atom. The lowest BCUT2D eigenvalue weighted by molar-refractivity contribution is -0.142.